The molecule has 0 atom stereocenters. The molecule has 2 aliphatic rings. The summed E-state index contributed by atoms with van der Waals surface area (Å²) in [5.74, 6) is -0.790. The maximum Gasteiger partial charge on any atom is 0.311 e. The highest BCUT2D eigenvalue weighted by molar-refractivity contribution is 6.35. The molecule has 1 heterocycles. The van der Waals surface area contributed by atoms with Crippen molar-refractivity contribution in [3.63, 3.8) is 0 Å². The van der Waals surface area contributed by atoms with E-state index in [1.807, 2.05) is 0 Å². The Morgan fingerprint density at radius 1 is 1.12 bits per heavy atom. The number of carbonyl (C=O) groups is 2. The first-order valence-electron chi connectivity index (χ1n) is 6.08. The van der Waals surface area contributed by atoms with Crippen LogP contribution in [0.5, 0.6) is 0 Å². The van der Waals surface area contributed by atoms with Gasteiger partial charge in [0.05, 0.1) is 0 Å². The van der Waals surface area contributed by atoms with E-state index in [4.69, 9.17) is 0 Å². The van der Waals surface area contributed by atoms with Crippen LogP contribution in [0.15, 0.2) is 0 Å². The summed E-state index contributed by atoms with van der Waals surface area (Å²) >= 11 is 0. The summed E-state index contributed by atoms with van der Waals surface area (Å²) in [5, 5.41) is 5.98. The molecule has 1 saturated heterocycles. The molecule has 5 nitrogen and oxygen atoms in total. The Hall–Kier alpha value is -1.10. The molecule has 0 unspecified atom stereocenters. The summed E-state index contributed by atoms with van der Waals surface area (Å²) in [6.07, 6.45) is 4.35. The van der Waals surface area contributed by atoms with Crippen molar-refractivity contribution in [3.05, 3.63) is 0 Å². The molecule has 1 saturated carbocycles. The minimum Gasteiger partial charge on any atom is -0.345 e. The van der Waals surface area contributed by atoms with Crippen LogP contribution in [0.2, 0.25) is 0 Å². The summed E-state index contributed by atoms with van der Waals surface area (Å²) in [6.45, 7) is 2.83. The molecule has 5 heteroatoms. The van der Waals surface area contributed by atoms with Crippen molar-refractivity contribution in [1.82, 2.24) is 15.5 Å². The molecule has 2 rings (SSSR count). The first-order chi connectivity index (χ1) is 7.77. The number of carbonyl (C=O) groups excluding carboxylic acids is 2. The lowest BCUT2D eigenvalue weighted by Crippen LogP contribution is -2.52. The van der Waals surface area contributed by atoms with Gasteiger partial charge in [-0.05, 0) is 12.8 Å². The van der Waals surface area contributed by atoms with E-state index >= 15 is 0 Å². The fourth-order valence-electron chi connectivity index (χ4n) is 2.33. The van der Waals surface area contributed by atoms with Crippen LogP contribution in [0.1, 0.15) is 25.7 Å². The fourth-order valence-corrected chi connectivity index (χ4v) is 2.33. The number of hydrogen-bond acceptors (Lipinski definition) is 3. The van der Waals surface area contributed by atoms with E-state index in [1.165, 1.54) is 0 Å². The number of nitrogens with one attached hydrogen (secondary N) is 2. The van der Waals surface area contributed by atoms with Crippen LogP contribution >= 0.6 is 0 Å². The molecule has 2 fully saturated rings. The third kappa shape index (κ3) is 2.72. The largest absolute Gasteiger partial charge is 0.345 e. The zero-order valence-electron chi connectivity index (χ0n) is 9.50. The van der Waals surface area contributed by atoms with Gasteiger partial charge in [0, 0.05) is 32.2 Å². The third-order valence-corrected chi connectivity index (χ3v) is 3.29. The molecule has 0 spiro atoms. The van der Waals surface area contributed by atoms with Gasteiger partial charge in [0.1, 0.15) is 0 Å². The Kier molecular flexibility index (Phi) is 3.77. The highest BCUT2D eigenvalue weighted by Gasteiger charge is 2.26. The van der Waals surface area contributed by atoms with Gasteiger partial charge in [0.2, 0.25) is 0 Å². The lowest BCUT2D eigenvalue weighted by Gasteiger charge is -2.27. The molecule has 0 aromatic heterocycles. The number of nitrogens with zero attached hydrogens (tertiary/aromatic N) is 1. The third-order valence-electron chi connectivity index (χ3n) is 3.29. The standard InChI is InChI=1S/C11H19N3O2/c15-10(13-9-3-1-2-4-9)11(16)14-7-5-12-6-8-14/h9,12H,1-8H2,(H,13,15). The van der Waals surface area contributed by atoms with Gasteiger partial charge in [0.15, 0.2) is 0 Å². The maximum absolute atomic E-state index is 11.8. The lowest BCUT2D eigenvalue weighted by atomic mass is 10.2. The van der Waals surface area contributed by atoms with Crippen molar-refractivity contribution in [2.24, 2.45) is 0 Å². The van der Waals surface area contributed by atoms with Crippen LogP contribution in [0.3, 0.4) is 0 Å². The molecular weight excluding hydrogens is 206 g/mol. The second-order valence-corrected chi connectivity index (χ2v) is 4.50. The van der Waals surface area contributed by atoms with E-state index in [2.05, 4.69) is 10.6 Å². The van der Waals surface area contributed by atoms with Gasteiger partial charge in [-0.25, -0.2) is 0 Å². The second-order valence-electron chi connectivity index (χ2n) is 4.50. The number of piperazine rings is 1. The minimum atomic E-state index is -0.422. The Bertz CT molecular complexity index is 268. The van der Waals surface area contributed by atoms with Crippen molar-refractivity contribution >= 4 is 11.8 Å². The van der Waals surface area contributed by atoms with Gasteiger partial charge in [-0.15, -0.1) is 0 Å². The average Bonchev–Trinajstić information content (AvgIpc) is 2.82. The van der Waals surface area contributed by atoms with Gasteiger partial charge in [-0.1, -0.05) is 12.8 Å². The van der Waals surface area contributed by atoms with E-state index in [0.29, 0.717) is 13.1 Å². The fraction of sp³-hybridized carbons (Fsp3) is 0.818. The zero-order chi connectivity index (χ0) is 11.4. The van der Waals surface area contributed by atoms with Crippen molar-refractivity contribution in [2.75, 3.05) is 26.2 Å². The molecule has 0 bridgehead atoms. The Labute approximate surface area is 95.6 Å². The number of amides is 2. The smallest absolute Gasteiger partial charge is 0.311 e. The molecule has 0 aromatic rings. The normalized spacial score (nSPS) is 22.1. The predicted molar refractivity (Wildman–Crippen MR) is 59.8 cm³/mol. The zero-order valence-corrected chi connectivity index (χ0v) is 9.50. The first-order valence-corrected chi connectivity index (χ1v) is 6.08. The molecule has 1 aliphatic heterocycles. The van der Waals surface area contributed by atoms with Crippen molar-refractivity contribution in [1.29, 1.82) is 0 Å². The molecule has 16 heavy (non-hydrogen) atoms. The molecule has 1 aliphatic carbocycles. The van der Waals surface area contributed by atoms with Crippen molar-refractivity contribution in [3.8, 4) is 0 Å². The average molecular weight is 225 g/mol. The highest BCUT2D eigenvalue weighted by atomic mass is 16.2. The molecule has 90 valence electrons. The van der Waals surface area contributed by atoms with E-state index in [0.717, 1.165) is 38.8 Å². The SMILES string of the molecule is O=C(NC1CCCC1)C(=O)N1CCNCC1. The van der Waals surface area contributed by atoms with Crippen LogP contribution < -0.4 is 10.6 Å². The summed E-state index contributed by atoms with van der Waals surface area (Å²) in [6, 6.07) is 0.222. The molecular formula is C11H19N3O2. The van der Waals surface area contributed by atoms with E-state index in [1.54, 1.807) is 4.90 Å². The quantitative estimate of drug-likeness (QED) is 0.590. The van der Waals surface area contributed by atoms with Crippen molar-refractivity contribution < 1.29 is 9.59 Å². The van der Waals surface area contributed by atoms with Crippen LogP contribution in [-0.2, 0) is 9.59 Å². The van der Waals surface area contributed by atoms with Gasteiger partial charge < -0.3 is 15.5 Å². The maximum atomic E-state index is 11.8. The Morgan fingerprint density at radius 3 is 2.38 bits per heavy atom. The summed E-state index contributed by atoms with van der Waals surface area (Å²) in [5.41, 5.74) is 0. The summed E-state index contributed by atoms with van der Waals surface area (Å²) in [4.78, 5) is 25.1. The monoisotopic (exact) mass is 225 g/mol. The van der Waals surface area contributed by atoms with Crippen molar-refractivity contribution in [2.45, 2.75) is 31.7 Å². The van der Waals surface area contributed by atoms with E-state index < -0.39 is 5.91 Å². The van der Waals surface area contributed by atoms with Gasteiger partial charge in [-0.2, -0.15) is 0 Å². The summed E-state index contributed by atoms with van der Waals surface area (Å²) < 4.78 is 0. The first kappa shape index (κ1) is 11.4. The number of hydrogen-bond donors (Lipinski definition) is 2. The van der Waals surface area contributed by atoms with Gasteiger partial charge in [0.25, 0.3) is 0 Å². The molecule has 2 amide bonds. The Morgan fingerprint density at radius 2 is 1.75 bits per heavy atom. The summed E-state index contributed by atoms with van der Waals surface area (Å²) in [7, 11) is 0. The number of rotatable bonds is 1. The topological polar surface area (TPSA) is 61.4 Å². The van der Waals surface area contributed by atoms with E-state index in [9.17, 15) is 9.59 Å². The van der Waals surface area contributed by atoms with Crippen LogP contribution in [0.4, 0.5) is 0 Å². The highest BCUT2D eigenvalue weighted by Crippen LogP contribution is 2.17. The Balaban J connectivity index is 1.80. The van der Waals surface area contributed by atoms with Crippen LogP contribution in [0.25, 0.3) is 0 Å². The van der Waals surface area contributed by atoms with E-state index in [-0.39, 0.29) is 11.9 Å². The molecule has 0 radical (unpaired) electrons. The van der Waals surface area contributed by atoms with Gasteiger partial charge >= 0.3 is 11.8 Å². The van der Waals surface area contributed by atoms with Crippen LogP contribution in [0, 0.1) is 0 Å². The minimum absolute atomic E-state index is 0.222. The van der Waals surface area contributed by atoms with Gasteiger partial charge in [-0.3, -0.25) is 9.59 Å². The lowest BCUT2D eigenvalue weighted by molar-refractivity contribution is -0.146. The molecule has 2 N–H and O–H groups in total. The van der Waals surface area contributed by atoms with Crippen LogP contribution in [-0.4, -0.2) is 48.9 Å². The second kappa shape index (κ2) is 5.30. The molecule has 0 aromatic carbocycles. The predicted octanol–water partition coefficient (Wildman–Crippen LogP) is -0.523.